The fourth-order valence-electron chi connectivity index (χ4n) is 3.14. The molecule has 0 unspecified atom stereocenters. The summed E-state index contributed by atoms with van der Waals surface area (Å²) in [6, 6.07) is 5.07. The number of carbonyl (C=O) groups excluding carboxylic acids is 1. The van der Waals surface area contributed by atoms with E-state index in [1.807, 2.05) is 0 Å². The maximum absolute atomic E-state index is 13.9. The molecule has 0 bridgehead atoms. The van der Waals surface area contributed by atoms with E-state index in [2.05, 4.69) is 5.32 Å². The van der Waals surface area contributed by atoms with Gasteiger partial charge in [-0.25, -0.2) is 8.78 Å². The standard InChI is InChI=1S/C18H12Cl2F5NO/c19-8-1-2-9(11(20)7-8)10-3-6-14(10)26-17(27)15-12(21)4-5-13(22)16(15)18(23,24)25/h1-2,4-5,7,10,14H,3,6H2,(H,26,27)/t10-,14-/m0/s1. The van der Waals surface area contributed by atoms with Crippen LogP contribution in [0.1, 0.15) is 40.2 Å². The number of benzene rings is 2. The van der Waals surface area contributed by atoms with Crippen molar-refractivity contribution in [2.45, 2.75) is 31.0 Å². The lowest BCUT2D eigenvalue weighted by Crippen LogP contribution is -2.46. The maximum Gasteiger partial charge on any atom is 0.420 e. The first-order chi connectivity index (χ1) is 12.6. The number of hydrogen-bond donors (Lipinski definition) is 1. The topological polar surface area (TPSA) is 29.1 Å². The van der Waals surface area contributed by atoms with Gasteiger partial charge >= 0.3 is 6.18 Å². The number of halogens is 7. The highest BCUT2D eigenvalue weighted by Gasteiger charge is 2.42. The summed E-state index contributed by atoms with van der Waals surface area (Å²) in [5.41, 5.74) is -2.59. The third-order valence-corrected chi connectivity index (χ3v) is 5.13. The lowest BCUT2D eigenvalue weighted by atomic mass is 9.75. The molecule has 1 N–H and O–H groups in total. The second kappa shape index (κ2) is 7.28. The van der Waals surface area contributed by atoms with Crippen LogP contribution >= 0.6 is 23.2 Å². The molecule has 9 heteroatoms. The number of hydrogen-bond acceptors (Lipinski definition) is 1. The Kier molecular flexibility index (Phi) is 5.36. The summed E-state index contributed by atoms with van der Waals surface area (Å²) in [7, 11) is 0. The van der Waals surface area contributed by atoms with Gasteiger partial charge in [-0.15, -0.1) is 0 Å². The van der Waals surface area contributed by atoms with Gasteiger partial charge < -0.3 is 5.32 Å². The Morgan fingerprint density at radius 3 is 2.26 bits per heavy atom. The summed E-state index contributed by atoms with van der Waals surface area (Å²) in [4.78, 5) is 12.3. The normalized spacial score (nSPS) is 19.5. The van der Waals surface area contributed by atoms with Crippen LogP contribution in [0.5, 0.6) is 0 Å². The van der Waals surface area contributed by atoms with Gasteiger partial charge in [-0.3, -0.25) is 4.79 Å². The van der Waals surface area contributed by atoms with Gasteiger partial charge in [0.05, 0.1) is 5.56 Å². The van der Waals surface area contributed by atoms with Crippen LogP contribution in [0.3, 0.4) is 0 Å². The summed E-state index contributed by atoms with van der Waals surface area (Å²) >= 11 is 12.0. The van der Waals surface area contributed by atoms with Crippen LogP contribution < -0.4 is 5.32 Å². The SMILES string of the molecule is O=C(N[C@H]1CC[C@H]1c1ccc(Cl)cc1Cl)c1c(F)ccc(F)c1C(F)(F)F. The van der Waals surface area contributed by atoms with E-state index >= 15 is 0 Å². The van der Waals surface area contributed by atoms with Gasteiger partial charge in [0.25, 0.3) is 5.91 Å². The van der Waals surface area contributed by atoms with Crippen molar-refractivity contribution in [3.8, 4) is 0 Å². The van der Waals surface area contributed by atoms with Crippen molar-refractivity contribution >= 4 is 29.1 Å². The molecule has 1 aliphatic carbocycles. The van der Waals surface area contributed by atoms with Gasteiger partial charge in [0, 0.05) is 22.0 Å². The molecule has 1 fully saturated rings. The first-order valence-electron chi connectivity index (χ1n) is 7.90. The number of rotatable bonds is 3. The highest BCUT2D eigenvalue weighted by atomic mass is 35.5. The Bertz CT molecular complexity index is 900. The molecule has 27 heavy (non-hydrogen) atoms. The van der Waals surface area contributed by atoms with Crippen molar-refractivity contribution in [2.24, 2.45) is 0 Å². The quantitative estimate of drug-likeness (QED) is 0.605. The van der Waals surface area contributed by atoms with Gasteiger partial charge in [-0.1, -0.05) is 29.3 Å². The monoisotopic (exact) mass is 423 g/mol. The van der Waals surface area contributed by atoms with E-state index < -0.39 is 40.9 Å². The Balaban J connectivity index is 1.87. The minimum Gasteiger partial charge on any atom is -0.349 e. The molecule has 0 spiro atoms. The van der Waals surface area contributed by atoms with Gasteiger partial charge in [0.15, 0.2) is 0 Å². The third-order valence-electron chi connectivity index (χ3n) is 4.57. The molecular weight excluding hydrogens is 412 g/mol. The maximum atomic E-state index is 13.9. The molecule has 1 amide bonds. The molecule has 1 saturated carbocycles. The molecular formula is C18H12Cl2F5NO. The fourth-order valence-corrected chi connectivity index (χ4v) is 3.69. The molecule has 0 aromatic heterocycles. The molecule has 0 heterocycles. The van der Waals surface area contributed by atoms with Crippen LogP contribution in [0.4, 0.5) is 22.0 Å². The van der Waals surface area contributed by atoms with Crippen LogP contribution in [0.2, 0.25) is 10.0 Å². The first kappa shape index (κ1) is 19.9. The lowest BCUT2D eigenvalue weighted by molar-refractivity contribution is -0.140. The summed E-state index contributed by atoms with van der Waals surface area (Å²) < 4.78 is 66.9. The Morgan fingerprint density at radius 1 is 1.04 bits per heavy atom. The zero-order valence-corrected chi connectivity index (χ0v) is 15.0. The van der Waals surface area contributed by atoms with Crippen molar-refractivity contribution < 1.29 is 26.7 Å². The first-order valence-corrected chi connectivity index (χ1v) is 8.66. The Hall–Kier alpha value is -1.86. The molecule has 2 atom stereocenters. The van der Waals surface area contributed by atoms with Crippen LogP contribution in [0.25, 0.3) is 0 Å². The highest BCUT2D eigenvalue weighted by molar-refractivity contribution is 6.35. The largest absolute Gasteiger partial charge is 0.420 e. The molecule has 3 rings (SSSR count). The van der Waals surface area contributed by atoms with E-state index in [1.165, 1.54) is 6.07 Å². The molecule has 0 radical (unpaired) electrons. The van der Waals surface area contributed by atoms with Crippen LogP contribution in [0, 0.1) is 11.6 Å². The van der Waals surface area contributed by atoms with Gasteiger partial charge in [-0.05, 0) is 42.7 Å². The fraction of sp³-hybridized carbons (Fsp3) is 0.278. The number of nitrogens with one attached hydrogen (secondary N) is 1. The highest BCUT2D eigenvalue weighted by Crippen LogP contribution is 2.41. The molecule has 2 aromatic rings. The van der Waals surface area contributed by atoms with E-state index in [9.17, 15) is 26.7 Å². The van der Waals surface area contributed by atoms with Gasteiger partial charge in [0.1, 0.15) is 17.2 Å². The molecule has 144 valence electrons. The third kappa shape index (κ3) is 3.89. The van der Waals surface area contributed by atoms with Crippen molar-refractivity contribution in [1.29, 1.82) is 0 Å². The van der Waals surface area contributed by atoms with Crippen molar-refractivity contribution in [3.05, 3.63) is 68.7 Å². The van der Waals surface area contributed by atoms with E-state index in [1.54, 1.807) is 12.1 Å². The summed E-state index contributed by atoms with van der Waals surface area (Å²) in [5.74, 6) is -4.73. The molecule has 0 aliphatic heterocycles. The van der Waals surface area contributed by atoms with E-state index in [0.717, 1.165) is 0 Å². The summed E-state index contributed by atoms with van der Waals surface area (Å²) in [5, 5.41) is 3.14. The van der Waals surface area contributed by atoms with E-state index in [-0.39, 0.29) is 5.92 Å². The second-order valence-electron chi connectivity index (χ2n) is 6.21. The predicted octanol–water partition coefficient (Wildman–Crippen LogP) is 5.97. The van der Waals surface area contributed by atoms with E-state index in [4.69, 9.17) is 23.2 Å². The number of amides is 1. The van der Waals surface area contributed by atoms with Gasteiger partial charge in [-0.2, -0.15) is 13.2 Å². The Morgan fingerprint density at radius 2 is 1.70 bits per heavy atom. The van der Waals surface area contributed by atoms with Crippen LogP contribution in [0.15, 0.2) is 30.3 Å². The smallest absolute Gasteiger partial charge is 0.349 e. The zero-order valence-electron chi connectivity index (χ0n) is 13.5. The van der Waals surface area contributed by atoms with Crippen molar-refractivity contribution in [2.75, 3.05) is 0 Å². The van der Waals surface area contributed by atoms with Gasteiger partial charge in [0.2, 0.25) is 0 Å². The molecule has 2 aromatic carbocycles. The van der Waals surface area contributed by atoms with Crippen LogP contribution in [-0.4, -0.2) is 11.9 Å². The zero-order chi connectivity index (χ0) is 19.9. The Labute approximate surface area is 161 Å². The van der Waals surface area contributed by atoms with E-state index in [0.29, 0.717) is 40.6 Å². The number of alkyl halides is 3. The molecule has 2 nitrogen and oxygen atoms in total. The van der Waals surface area contributed by atoms with Crippen molar-refractivity contribution in [3.63, 3.8) is 0 Å². The average Bonchev–Trinajstić information content (AvgIpc) is 2.54. The molecule has 0 saturated heterocycles. The lowest BCUT2D eigenvalue weighted by Gasteiger charge is -2.38. The molecule has 1 aliphatic rings. The minimum atomic E-state index is -5.21. The summed E-state index contributed by atoms with van der Waals surface area (Å²) in [6.07, 6.45) is -4.12. The average molecular weight is 424 g/mol. The number of carbonyl (C=O) groups is 1. The second-order valence-corrected chi connectivity index (χ2v) is 7.05. The van der Waals surface area contributed by atoms with Crippen molar-refractivity contribution in [1.82, 2.24) is 5.32 Å². The minimum absolute atomic E-state index is 0.260. The predicted molar refractivity (Wildman–Crippen MR) is 91.1 cm³/mol. The summed E-state index contributed by atoms with van der Waals surface area (Å²) in [6.45, 7) is 0. The van der Waals surface area contributed by atoms with Crippen LogP contribution in [-0.2, 0) is 6.18 Å².